The molecule has 208 valence electrons. The molecule has 1 N–H and O–H groups in total. The van der Waals surface area contributed by atoms with Crippen molar-refractivity contribution < 1.29 is 18.8 Å². The molecular weight excluding hydrogens is 528 g/mol. The number of thiazole rings is 1. The van der Waals surface area contributed by atoms with Gasteiger partial charge < -0.3 is 14.0 Å². The van der Waals surface area contributed by atoms with E-state index in [4.69, 9.17) is 19.0 Å². The van der Waals surface area contributed by atoms with Crippen LogP contribution in [-0.2, 0) is 14.9 Å². The fourth-order valence-corrected chi connectivity index (χ4v) is 5.61. The summed E-state index contributed by atoms with van der Waals surface area (Å²) in [6, 6.07) is 15.6. The van der Waals surface area contributed by atoms with Crippen molar-refractivity contribution in [2.75, 3.05) is 49.9 Å². The van der Waals surface area contributed by atoms with Crippen LogP contribution in [0.5, 0.6) is 5.75 Å². The van der Waals surface area contributed by atoms with E-state index in [0.29, 0.717) is 24.5 Å². The smallest absolute Gasteiger partial charge is 0.232 e. The predicted octanol–water partition coefficient (Wildman–Crippen LogP) is 5.20. The zero-order chi connectivity index (χ0) is 27.7. The number of amides is 1. The summed E-state index contributed by atoms with van der Waals surface area (Å²) in [5.74, 6) is 2.07. The van der Waals surface area contributed by atoms with Crippen LogP contribution in [0.4, 0.5) is 11.5 Å². The zero-order valence-corrected chi connectivity index (χ0v) is 23.6. The third-order valence-corrected chi connectivity index (χ3v) is 7.89. The average Bonchev–Trinajstić information content (AvgIpc) is 3.67. The van der Waals surface area contributed by atoms with Gasteiger partial charge in [-0.3, -0.25) is 19.5 Å². The quantitative estimate of drug-likeness (QED) is 0.194. The molecule has 0 saturated carbocycles. The molecule has 0 bridgehead atoms. The number of benzene rings is 2. The molecular formula is C29H32N6O4S. The minimum atomic E-state index is -0.177. The van der Waals surface area contributed by atoms with Gasteiger partial charge in [-0.05, 0) is 30.3 Å². The third-order valence-electron chi connectivity index (χ3n) is 6.88. The summed E-state index contributed by atoms with van der Waals surface area (Å²) in [5.41, 5.74) is 6.40. The van der Waals surface area contributed by atoms with Crippen molar-refractivity contribution >= 4 is 44.4 Å². The maximum Gasteiger partial charge on any atom is 0.232 e. The maximum absolute atomic E-state index is 11.8. The molecule has 0 unspecified atom stereocenters. The number of rotatable bonds is 9. The lowest BCUT2D eigenvalue weighted by Gasteiger charge is -2.26. The first-order chi connectivity index (χ1) is 19.4. The molecule has 1 aliphatic heterocycles. The third kappa shape index (κ3) is 5.53. The highest BCUT2D eigenvalue weighted by molar-refractivity contribution is 7.23. The number of imidazole rings is 1. The van der Waals surface area contributed by atoms with Crippen LogP contribution >= 0.6 is 11.3 Å². The lowest BCUT2D eigenvalue weighted by atomic mass is 9.93. The first-order valence-electron chi connectivity index (χ1n) is 13.3. The fraction of sp³-hybridized carbons (Fsp3) is 0.345. The highest BCUT2D eigenvalue weighted by Gasteiger charge is 2.20. The Hall–Kier alpha value is -3.93. The van der Waals surface area contributed by atoms with E-state index in [-0.39, 0.29) is 5.41 Å². The summed E-state index contributed by atoms with van der Waals surface area (Å²) in [6.45, 7) is 11.2. The Morgan fingerprint density at radius 2 is 1.93 bits per heavy atom. The van der Waals surface area contributed by atoms with Crippen molar-refractivity contribution in [2.45, 2.75) is 26.2 Å². The summed E-state index contributed by atoms with van der Waals surface area (Å²) in [7, 11) is 0. The monoisotopic (exact) mass is 560 g/mol. The van der Waals surface area contributed by atoms with Crippen molar-refractivity contribution in [2.24, 2.45) is 0 Å². The van der Waals surface area contributed by atoms with Crippen molar-refractivity contribution in [3.8, 4) is 17.0 Å². The molecule has 6 rings (SSSR count). The number of hydrogen-bond donors (Lipinski definition) is 1. The maximum atomic E-state index is 11.8. The summed E-state index contributed by atoms with van der Waals surface area (Å²) in [4.78, 5) is 19.9. The molecule has 5 aromatic rings. The summed E-state index contributed by atoms with van der Waals surface area (Å²) < 4.78 is 20.1. The second-order valence-electron chi connectivity index (χ2n) is 10.8. The number of fused-ring (bicyclic) bond motifs is 3. The topological polar surface area (TPSA) is 97.4 Å². The number of morpholine rings is 1. The highest BCUT2D eigenvalue weighted by Crippen LogP contribution is 2.32. The highest BCUT2D eigenvalue weighted by atomic mass is 32.1. The van der Waals surface area contributed by atoms with Crippen LogP contribution in [0, 0.1) is 0 Å². The molecule has 1 aliphatic rings. The van der Waals surface area contributed by atoms with Gasteiger partial charge in [0.1, 0.15) is 18.1 Å². The van der Waals surface area contributed by atoms with Crippen molar-refractivity contribution in [1.29, 1.82) is 0 Å². The van der Waals surface area contributed by atoms with Gasteiger partial charge >= 0.3 is 0 Å². The van der Waals surface area contributed by atoms with Crippen LogP contribution in [0.25, 0.3) is 26.4 Å². The van der Waals surface area contributed by atoms with E-state index in [9.17, 15) is 4.79 Å². The zero-order valence-electron chi connectivity index (χ0n) is 22.8. The Kier molecular flexibility index (Phi) is 7.18. The molecule has 40 heavy (non-hydrogen) atoms. The molecule has 0 aliphatic carbocycles. The lowest BCUT2D eigenvalue weighted by Crippen LogP contribution is -2.38. The predicted molar refractivity (Wildman–Crippen MR) is 156 cm³/mol. The molecule has 11 heteroatoms. The number of ether oxygens (including phenoxy) is 2. The van der Waals surface area contributed by atoms with Crippen molar-refractivity contribution in [3.63, 3.8) is 0 Å². The summed E-state index contributed by atoms with van der Waals surface area (Å²) >= 11 is 1.63. The van der Waals surface area contributed by atoms with E-state index in [1.165, 1.54) is 5.01 Å². The van der Waals surface area contributed by atoms with E-state index >= 15 is 0 Å². The van der Waals surface area contributed by atoms with E-state index in [0.717, 1.165) is 70.8 Å². The normalized spacial score (nSPS) is 14.6. The average molecular weight is 561 g/mol. The second-order valence-corrected chi connectivity index (χ2v) is 11.8. The first kappa shape index (κ1) is 26.3. The molecule has 0 radical (unpaired) electrons. The van der Waals surface area contributed by atoms with Crippen molar-refractivity contribution in [1.82, 2.24) is 19.4 Å². The molecule has 2 aromatic carbocycles. The number of hydrazine groups is 1. The van der Waals surface area contributed by atoms with Gasteiger partial charge in [0.25, 0.3) is 0 Å². The van der Waals surface area contributed by atoms with Gasteiger partial charge in [0.2, 0.25) is 6.41 Å². The van der Waals surface area contributed by atoms with Crippen LogP contribution in [0.15, 0.2) is 59.3 Å². The molecule has 1 amide bonds. The Morgan fingerprint density at radius 3 is 2.65 bits per heavy atom. The van der Waals surface area contributed by atoms with Crippen LogP contribution < -0.4 is 15.2 Å². The Bertz CT molecular complexity index is 1610. The Balaban J connectivity index is 1.13. The number of anilines is 2. The number of carbonyl (C=O) groups excluding carboxylic acids is 1. The molecule has 4 heterocycles. The van der Waals surface area contributed by atoms with Gasteiger partial charge in [-0.15, -0.1) is 0 Å². The Morgan fingerprint density at radius 1 is 1.12 bits per heavy atom. The van der Waals surface area contributed by atoms with Gasteiger partial charge in [0.05, 0.1) is 34.8 Å². The molecule has 0 atom stereocenters. The minimum absolute atomic E-state index is 0.177. The minimum Gasteiger partial charge on any atom is -0.492 e. The summed E-state index contributed by atoms with van der Waals surface area (Å²) in [5, 5.41) is 5.40. The van der Waals surface area contributed by atoms with Gasteiger partial charge in [-0.2, -0.15) is 0 Å². The fourth-order valence-electron chi connectivity index (χ4n) is 4.58. The standard InChI is InChI=1S/C29H32N6O4S/c1-29(2,3)26-17-27(32-39-26)31-35(19-36)21-6-4-20(5-7-21)23-18-34-24-9-8-22(16-25(24)40-28(34)30-23)38-15-12-33-10-13-37-14-11-33/h4-9,16-19H,10-15H2,1-3H3,(H,31,32). The second kappa shape index (κ2) is 10.9. The SMILES string of the molecule is CC(C)(C)c1cc(NN(C=O)c2ccc(-c3cn4c(n3)sc3cc(OCCN5CCOCC5)ccc34)cc2)no1. The largest absolute Gasteiger partial charge is 0.492 e. The molecule has 0 spiro atoms. The lowest BCUT2D eigenvalue weighted by molar-refractivity contribution is -0.107. The number of carbonyl (C=O) groups is 1. The van der Waals surface area contributed by atoms with E-state index in [1.807, 2.05) is 57.3 Å². The molecule has 10 nitrogen and oxygen atoms in total. The van der Waals surface area contributed by atoms with E-state index < -0.39 is 0 Å². The molecule has 1 saturated heterocycles. The van der Waals surface area contributed by atoms with Gasteiger partial charge in [-0.25, -0.2) is 9.99 Å². The van der Waals surface area contributed by atoms with Gasteiger partial charge in [0.15, 0.2) is 10.8 Å². The van der Waals surface area contributed by atoms with Crippen LogP contribution in [-0.4, -0.2) is 65.3 Å². The number of nitrogens with one attached hydrogen (secondary N) is 1. The van der Waals surface area contributed by atoms with Gasteiger partial charge in [0, 0.05) is 42.9 Å². The molecule has 3 aromatic heterocycles. The Labute approximate surface area is 236 Å². The number of hydrogen-bond acceptors (Lipinski definition) is 9. The van der Waals surface area contributed by atoms with Crippen LogP contribution in [0.3, 0.4) is 0 Å². The van der Waals surface area contributed by atoms with E-state index in [1.54, 1.807) is 17.4 Å². The van der Waals surface area contributed by atoms with Crippen LogP contribution in [0.2, 0.25) is 0 Å². The molecule has 1 fully saturated rings. The van der Waals surface area contributed by atoms with E-state index in [2.05, 4.69) is 32.0 Å². The van der Waals surface area contributed by atoms with Gasteiger partial charge in [-0.1, -0.05) is 49.4 Å². The van der Waals surface area contributed by atoms with Crippen LogP contribution in [0.1, 0.15) is 26.5 Å². The number of nitrogens with zero attached hydrogens (tertiary/aromatic N) is 5. The first-order valence-corrected chi connectivity index (χ1v) is 14.1. The summed E-state index contributed by atoms with van der Waals surface area (Å²) in [6.07, 6.45) is 2.75. The van der Waals surface area contributed by atoms with Crippen molar-refractivity contribution in [3.05, 3.63) is 60.5 Å². The number of aromatic nitrogens is 3.